The highest BCUT2D eigenvalue weighted by Gasteiger charge is 2.05. The van der Waals surface area contributed by atoms with E-state index in [4.69, 9.17) is 15.3 Å². The SMILES string of the molecule is CC(O)C(C)CC=CC(O)CO. The fourth-order valence-electron chi connectivity index (χ4n) is 0.708. The monoisotopic (exact) mass is 174 g/mol. The van der Waals surface area contributed by atoms with Crippen molar-refractivity contribution in [1.29, 1.82) is 0 Å². The molecule has 0 aliphatic carbocycles. The highest BCUT2D eigenvalue weighted by Crippen LogP contribution is 2.08. The zero-order chi connectivity index (χ0) is 9.56. The van der Waals surface area contributed by atoms with Gasteiger partial charge < -0.3 is 15.3 Å². The molecule has 12 heavy (non-hydrogen) atoms. The van der Waals surface area contributed by atoms with Gasteiger partial charge in [-0.1, -0.05) is 19.1 Å². The number of allylic oxidation sites excluding steroid dienone is 1. The second-order valence-electron chi connectivity index (χ2n) is 3.13. The van der Waals surface area contributed by atoms with Gasteiger partial charge in [-0.25, -0.2) is 0 Å². The molecule has 0 spiro atoms. The van der Waals surface area contributed by atoms with Crippen LogP contribution in [0.25, 0.3) is 0 Å². The van der Waals surface area contributed by atoms with Crippen molar-refractivity contribution in [3.63, 3.8) is 0 Å². The minimum Gasteiger partial charge on any atom is -0.393 e. The normalized spacial score (nSPS) is 19.4. The van der Waals surface area contributed by atoms with Crippen molar-refractivity contribution in [2.24, 2.45) is 5.92 Å². The van der Waals surface area contributed by atoms with Crippen LogP contribution in [-0.4, -0.2) is 34.1 Å². The molecule has 0 radical (unpaired) electrons. The summed E-state index contributed by atoms with van der Waals surface area (Å²) in [6, 6.07) is 0. The lowest BCUT2D eigenvalue weighted by atomic mass is 10.0. The molecule has 0 aromatic heterocycles. The third-order valence-electron chi connectivity index (χ3n) is 1.88. The van der Waals surface area contributed by atoms with Gasteiger partial charge in [0, 0.05) is 0 Å². The molecule has 3 unspecified atom stereocenters. The molecular formula is C9H18O3. The summed E-state index contributed by atoms with van der Waals surface area (Å²) in [6.45, 7) is 3.42. The molecule has 3 N–H and O–H groups in total. The molecule has 0 amide bonds. The van der Waals surface area contributed by atoms with Crippen molar-refractivity contribution >= 4 is 0 Å². The number of aliphatic hydroxyl groups is 3. The Labute approximate surface area is 73.4 Å². The zero-order valence-corrected chi connectivity index (χ0v) is 7.64. The van der Waals surface area contributed by atoms with Crippen LogP contribution in [0, 0.1) is 5.92 Å². The van der Waals surface area contributed by atoms with E-state index in [2.05, 4.69) is 0 Å². The van der Waals surface area contributed by atoms with Gasteiger partial charge in [0.15, 0.2) is 0 Å². The summed E-state index contributed by atoms with van der Waals surface area (Å²) in [5, 5.41) is 26.5. The molecule has 0 aliphatic heterocycles. The Morgan fingerprint density at radius 3 is 2.25 bits per heavy atom. The first-order valence-electron chi connectivity index (χ1n) is 4.21. The highest BCUT2D eigenvalue weighted by atomic mass is 16.3. The summed E-state index contributed by atoms with van der Waals surface area (Å²) in [6.07, 6.45) is 2.93. The number of aliphatic hydroxyl groups excluding tert-OH is 3. The maximum Gasteiger partial charge on any atom is 0.0951 e. The molecule has 3 nitrogen and oxygen atoms in total. The van der Waals surface area contributed by atoms with Crippen LogP contribution in [-0.2, 0) is 0 Å². The van der Waals surface area contributed by atoms with Crippen LogP contribution in [0.4, 0.5) is 0 Å². The largest absolute Gasteiger partial charge is 0.393 e. The maximum absolute atomic E-state index is 9.10. The van der Waals surface area contributed by atoms with Gasteiger partial charge in [0.05, 0.1) is 18.8 Å². The molecule has 0 bridgehead atoms. The Morgan fingerprint density at radius 1 is 1.25 bits per heavy atom. The summed E-state index contributed by atoms with van der Waals surface area (Å²) in [5.41, 5.74) is 0. The molecule has 72 valence electrons. The second-order valence-corrected chi connectivity index (χ2v) is 3.13. The first-order valence-corrected chi connectivity index (χ1v) is 4.21. The Bertz CT molecular complexity index is 132. The van der Waals surface area contributed by atoms with Gasteiger partial charge >= 0.3 is 0 Å². The van der Waals surface area contributed by atoms with Crippen molar-refractivity contribution < 1.29 is 15.3 Å². The lowest BCUT2D eigenvalue weighted by molar-refractivity contribution is 0.128. The summed E-state index contributed by atoms with van der Waals surface area (Å²) in [5.74, 6) is 0.187. The number of hydrogen-bond donors (Lipinski definition) is 3. The molecule has 0 aliphatic rings. The third-order valence-corrected chi connectivity index (χ3v) is 1.88. The van der Waals surface area contributed by atoms with Crippen molar-refractivity contribution in [2.75, 3.05) is 6.61 Å². The van der Waals surface area contributed by atoms with E-state index in [1.807, 2.05) is 6.92 Å². The summed E-state index contributed by atoms with van der Waals surface area (Å²) in [7, 11) is 0. The van der Waals surface area contributed by atoms with Crippen molar-refractivity contribution in [3.05, 3.63) is 12.2 Å². The number of hydrogen-bond acceptors (Lipinski definition) is 3. The minimum atomic E-state index is -0.772. The Balaban J connectivity index is 3.59. The lowest BCUT2D eigenvalue weighted by Crippen LogP contribution is -2.12. The van der Waals surface area contributed by atoms with Crippen molar-refractivity contribution in [3.8, 4) is 0 Å². The van der Waals surface area contributed by atoms with Gasteiger partial charge in [0.1, 0.15) is 0 Å². The van der Waals surface area contributed by atoms with E-state index in [0.29, 0.717) is 6.42 Å². The smallest absolute Gasteiger partial charge is 0.0951 e. The predicted molar refractivity (Wildman–Crippen MR) is 47.7 cm³/mol. The van der Waals surface area contributed by atoms with Gasteiger partial charge in [0.25, 0.3) is 0 Å². The fraction of sp³-hybridized carbons (Fsp3) is 0.778. The molecule has 3 heteroatoms. The molecule has 0 saturated carbocycles. The average Bonchev–Trinajstić information content (AvgIpc) is 2.03. The first-order chi connectivity index (χ1) is 5.57. The molecule has 0 heterocycles. The minimum absolute atomic E-state index is 0.187. The Kier molecular flexibility index (Phi) is 5.98. The highest BCUT2D eigenvalue weighted by molar-refractivity contribution is 4.89. The summed E-state index contributed by atoms with van der Waals surface area (Å²) in [4.78, 5) is 0. The van der Waals surface area contributed by atoms with Crippen LogP contribution in [0.2, 0.25) is 0 Å². The van der Waals surface area contributed by atoms with Gasteiger partial charge in [-0.15, -0.1) is 0 Å². The van der Waals surface area contributed by atoms with Crippen LogP contribution in [0.15, 0.2) is 12.2 Å². The Hall–Kier alpha value is -0.380. The van der Waals surface area contributed by atoms with Crippen LogP contribution >= 0.6 is 0 Å². The maximum atomic E-state index is 9.10. The lowest BCUT2D eigenvalue weighted by Gasteiger charge is -2.11. The molecule has 0 aromatic carbocycles. The van der Waals surface area contributed by atoms with Gasteiger partial charge in [-0.3, -0.25) is 0 Å². The van der Waals surface area contributed by atoms with E-state index < -0.39 is 6.10 Å². The van der Waals surface area contributed by atoms with E-state index >= 15 is 0 Å². The topological polar surface area (TPSA) is 60.7 Å². The zero-order valence-electron chi connectivity index (χ0n) is 7.64. The van der Waals surface area contributed by atoms with Crippen LogP contribution in [0.1, 0.15) is 20.3 Å². The van der Waals surface area contributed by atoms with Crippen molar-refractivity contribution in [2.45, 2.75) is 32.5 Å². The van der Waals surface area contributed by atoms with Crippen LogP contribution in [0.3, 0.4) is 0 Å². The molecule has 0 saturated heterocycles. The molecular weight excluding hydrogens is 156 g/mol. The summed E-state index contributed by atoms with van der Waals surface area (Å²) >= 11 is 0. The predicted octanol–water partition coefficient (Wildman–Crippen LogP) is 0.303. The first kappa shape index (κ1) is 11.6. The van der Waals surface area contributed by atoms with Gasteiger partial charge in [-0.2, -0.15) is 0 Å². The van der Waals surface area contributed by atoms with E-state index in [0.717, 1.165) is 0 Å². The third kappa shape index (κ3) is 5.29. The van der Waals surface area contributed by atoms with Gasteiger partial charge in [0.2, 0.25) is 0 Å². The molecule has 0 aromatic rings. The van der Waals surface area contributed by atoms with Gasteiger partial charge in [-0.05, 0) is 19.3 Å². The molecule has 0 rings (SSSR count). The fourth-order valence-corrected chi connectivity index (χ4v) is 0.708. The number of rotatable bonds is 5. The summed E-state index contributed by atoms with van der Waals surface area (Å²) < 4.78 is 0. The van der Waals surface area contributed by atoms with E-state index in [1.165, 1.54) is 0 Å². The molecule has 3 atom stereocenters. The standard InChI is InChI=1S/C9H18O3/c1-7(8(2)11)4-3-5-9(12)6-10/h3,5,7-12H,4,6H2,1-2H3. The molecule has 0 fully saturated rings. The van der Waals surface area contributed by atoms with Crippen LogP contribution in [0.5, 0.6) is 0 Å². The van der Waals surface area contributed by atoms with E-state index in [1.54, 1.807) is 19.1 Å². The average molecular weight is 174 g/mol. The van der Waals surface area contributed by atoms with E-state index in [-0.39, 0.29) is 18.6 Å². The van der Waals surface area contributed by atoms with Crippen molar-refractivity contribution in [1.82, 2.24) is 0 Å². The Morgan fingerprint density at radius 2 is 1.83 bits per heavy atom. The quantitative estimate of drug-likeness (QED) is 0.525. The van der Waals surface area contributed by atoms with Crippen LogP contribution < -0.4 is 0 Å². The second kappa shape index (κ2) is 6.17. The van der Waals surface area contributed by atoms with E-state index in [9.17, 15) is 0 Å².